The van der Waals surface area contributed by atoms with Gasteiger partial charge in [0, 0.05) is 18.4 Å². The lowest BCUT2D eigenvalue weighted by Gasteiger charge is -2.16. The minimum absolute atomic E-state index is 0.430. The molecule has 1 aliphatic rings. The number of rotatable bonds is 4. The van der Waals surface area contributed by atoms with E-state index in [9.17, 15) is 0 Å². The summed E-state index contributed by atoms with van der Waals surface area (Å²) in [6.07, 6.45) is 9.44. The van der Waals surface area contributed by atoms with E-state index in [4.69, 9.17) is 0 Å². The van der Waals surface area contributed by atoms with Gasteiger partial charge in [0.05, 0.1) is 0 Å². The molecular weight excluding hydrogens is 184 g/mol. The van der Waals surface area contributed by atoms with Crippen LogP contribution in [0.2, 0.25) is 0 Å². The molecule has 1 heterocycles. The lowest BCUT2D eigenvalue weighted by atomic mass is 10.1. The van der Waals surface area contributed by atoms with Gasteiger partial charge in [0.25, 0.3) is 0 Å². The Morgan fingerprint density at radius 2 is 2.27 bits per heavy atom. The van der Waals surface area contributed by atoms with Gasteiger partial charge in [-0.25, -0.2) is 0 Å². The van der Waals surface area contributed by atoms with E-state index in [1.807, 2.05) is 18.5 Å². The molecule has 82 valence electrons. The monoisotopic (exact) mass is 204 g/mol. The van der Waals surface area contributed by atoms with Crippen molar-refractivity contribution in [1.82, 2.24) is 10.3 Å². The Hall–Kier alpha value is -0.890. The predicted octanol–water partition coefficient (Wildman–Crippen LogP) is 2.92. The van der Waals surface area contributed by atoms with Gasteiger partial charge in [-0.15, -0.1) is 0 Å². The fourth-order valence-electron chi connectivity index (χ4n) is 2.31. The number of nitrogens with one attached hydrogen (secondary N) is 1. The van der Waals surface area contributed by atoms with Crippen molar-refractivity contribution in [3.05, 3.63) is 30.1 Å². The number of hydrogen-bond acceptors (Lipinski definition) is 2. The summed E-state index contributed by atoms with van der Waals surface area (Å²) in [5.74, 6) is 0.907. The molecule has 2 heteroatoms. The third-order valence-electron chi connectivity index (χ3n) is 3.37. The molecule has 0 amide bonds. The van der Waals surface area contributed by atoms with Crippen LogP contribution in [0.4, 0.5) is 0 Å². The quantitative estimate of drug-likeness (QED) is 0.815. The molecule has 0 saturated heterocycles. The molecular formula is C13H20N2. The molecule has 2 rings (SSSR count). The van der Waals surface area contributed by atoms with Crippen LogP contribution in [0, 0.1) is 5.92 Å². The van der Waals surface area contributed by atoms with E-state index < -0.39 is 0 Å². The number of pyridine rings is 1. The normalized spacial score (nSPS) is 19.3. The van der Waals surface area contributed by atoms with E-state index in [2.05, 4.69) is 23.3 Å². The highest BCUT2D eigenvalue weighted by Gasteiger charge is 2.15. The highest BCUT2D eigenvalue weighted by atomic mass is 14.9. The first-order chi connectivity index (χ1) is 7.36. The molecule has 1 N–H and O–H groups in total. The predicted molar refractivity (Wildman–Crippen MR) is 62.6 cm³/mol. The summed E-state index contributed by atoms with van der Waals surface area (Å²) in [6, 6.07) is 4.57. The number of aromatic nitrogens is 1. The zero-order chi connectivity index (χ0) is 10.5. The second kappa shape index (κ2) is 5.26. The molecule has 0 bridgehead atoms. The number of nitrogens with zero attached hydrogens (tertiary/aromatic N) is 1. The van der Waals surface area contributed by atoms with E-state index in [-0.39, 0.29) is 0 Å². The van der Waals surface area contributed by atoms with Crippen molar-refractivity contribution in [2.45, 2.75) is 38.6 Å². The third kappa shape index (κ3) is 3.03. The molecule has 1 aromatic rings. The first-order valence-electron chi connectivity index (χ1n) is 5.99. The highest BCUT2D eigenvalue weighted by Crippen LogP contribution is 2.24. The zero-order valence-corrected chi connectivity index (χ0v) is 9.45. The SMILES string of the molecule is C[C@H](NCC1CCCC1)c1cccnc1. The molecule has 1 aliphatic carbocycles. The first kappa shape index (κ1) is 10.6. The fraction of sp³-hybridized carbons (Fsp3) is 0.615. The lowest BCUT2D eigenvalue weighted by Crippen LogP contribution is -2.24. The van der Waals surface area contributed by atoms with Crippen molar-refractivity contribution < 1.29 is 0 Å². The Kier molecular flexibility index (Phi) is 3.73. The Morgan fingerprint density at radius 1 is 1.47 bits per heavy atom. The first-order valence-corrected chi connectivity index (χ1v) is 5.99. The summed E-state index contributed by atoms with van der Waals surface area (Å²) in [5.41, 5.74) is 1.29. The van der Waals surface area contributed by atoms with Crippen LogP contribution in [0.1, 0.15) is 44.2 Å². The summed E-state index contributed by atoms with van der Waals surface area (Å²) in [6.45, 7) is 3.38. The van der Waals surface area contributed by atoms with Crippen molar-refractivity contribution in [3.8, 4) is 0 Å². The largest absolute Gasteiger partial charge is 0.310 e. The molecule has 0 aliphatic heterocycles. The van der Waals surface area contributed by atoms with E-state index in [1.165, 1.54) is 31.2 Å². The standard InChI is InChI=1S/C13H20N2/c1-11(13-7-4-8-14-10-13)15-9-12-5-2-3-6-12/h4,7-8,10-12,15H,2-3,5-6,9H2,1H3/t11-/m0/s1. The van der Waals surface area contributed by atoms with Crippen LogP contribution in [-0.2, 0) is 0 Å². The topological polar surface area (TPSA) is 24.9 Å². The maximum Gasteiger partial charge on any atom is 0.0315 e. The lowest BCUT2D eigenvalue weighted by molar-refractivity contribution is 0.452. The second-order valence-electron chi connectivity index (χ2n) is 4.57. The zero-order valence-electron chi connectivity index (χ0n) is 9.45. The van der Waals surface area contributed by atoms with Crippen LogP contribution in [0.15, 0.2) is 24.5 Å². The van der Waals surface area contributed by atoms with Gasteiger partial charge in [0.1, 0.15) is 0 Å². The maximum atomic E-state index is 4.15. The Bertz CT molecular complexity index is 278. The van der Waals surface area contributed by atoms with Gasteiger partial charge in [-0.05, 0) is 43.9 Å². The Morgan fingerprint density at radius 3 is 2.93 bits per heavy atom. The van der Waals surface area contributed by atoms with Crippen LogP contribution >= 0.6 is 0 Å². The molecule has 15 heavy (non-hydrogen) atoms. The smallest absolute Gasteiger partial charge is 0.0315 e. The molecule has 0 aromatic carbocycles. The van der Waals surface area contributed by atoms with Crippen LogP contribution < -0.4 is 5.32 Å². The van der Waals surface area contributed by atoms with Gasteiger partial charge in [-0.1, -0.05) is 18.9 Å². The van der Waals surface area contributed by atoms with Crippen LogP contribution in [-0.4, -0.2) is 11.5 Å². The van der Waals surface area contributed by atoms with Crippen LogP contribution in [0.25, 0.3) is 0 Å². The Balaban J connectivity index is 1.79. The highest BCUT2D eigenvalue weighted by molar-refractivity contribution is 5.12. The van der Waals surface area contributed by atoms with Crippen LogP contribution in [0.3, 0.4) is 0 Å². The molecule has 0 spiro atoms. The maximum absolute atomic E-state index is 4.15. The number of hydrogen-bond donors (Lipinski definition) is 1. The average Bonchev–Trinajstić information content (AvgIpc) is 2.80. The summed E-state index contributed by atoms with van der Waals surface area (Å²) in [5, 5.41) is 3.60. The molecule has 1 saturated carbocycles. The summed E-state index contributed by atoms with van der Waals surface area (Å²) in [7, 11) is 0. The van der Waals surface area contributed by atoms with Gasteiger partial charge < -0.3 is 5.32 Å². The summed E-state index contributed by atoms with van der Waals surface area (Å²) < 4.78 is 0. The molecule has 0 unspecified atom stereocenters. The minimum Gasteiger partial charge on any atom is -0.310 e. The van der Waals surface area contributed by atoms with Crippen molar-refractivity contribution in [1.29, 1.82) is 0 Å². The van der Waals surface area contributed by atoms with Crippen molar-refractivity contribution in [2.24, 2.45) is 5.92 Å². The van der Waals surface area contributed by atoms with Crippen LogP contribution in [0.5, 0.6) is 0 Å². The van der Waals surface area contributed by atoms with Gasteiger partial charge in [0.2, 0.25) is 0 Å². The van der Waals surface area contributed by atoms with Gasteiger partial charge in [0.15, 0.2) is 0 Å². The average molecular weight is 204 g/mol. The van der Waals surface area contributed by atoms with Crippen molar-refractivity contribution in [2.75, 3.05) is 6.54 Å². The molecule has 2 nitrogen and oxygen atoms in total. The van der Waals surface area contributed by atoms with Gasteiger partial charge in [-0.3, -0.25) is 4.98 Å². The van der Waals surface area contributed by atoms with E-state index in [0.29, 0.717) is 6.04 Å². The molecule has 1 aromatic heterocycles. The third-order valence-corrected chi connectivity index (χ3v) is 3.37. The van der Waals surface area contributed by atoms with E-state index >= 15 is 0 Å². The Labute approximate surface area is 92.1 Å². The fourth-order valence-corrected chi connectivity index (χ4v) is 2.31. The molecule has 1 fully saturated rings. The van der Waals surface area contributed by atoms with E-state index in [0.717, 1.165) is 12.5 Å². The summed E-state index contributed by atoms with van der Waals surface area (Å²) >= 11 is 0. The van der Waals surface area contributed by atoms with Crippen molar-refractivity contribution >= 4 is 0 Å². The van der Waals surface area contributed by atoms with Gasteiger partial charge >= 0.3 is 0 Å². The van der Waals surface area contributed by atoms with Gasteiger partial charge in [-0.2, -0.15) is 0 Å². The molecule has 1 atom stereocenters. The van der Waals surface area contributed by atoms with E-state index in [1.54, 1.807) is 0 Å². The summed E-state index contributed by atoms with van der Waals surface area (Å²) in [4.78, 5) is 4.15. The molecule has 0 radical (unpaired) electrons. The minimum atomic E-state index is 0.430. The van der Waals surface area contributed by atoms with Crippen molar-refractivity contribution in [3.63, 3.8) is 0 Å². The second-order valence-corrected chi connectivity index (χ2v) is 4.57.